The van der Waals surface area contributed by atoms with Gasteiger partial charge >= 0.3 is 0 Å². The van der Waals surface area contributed by atoms with Crippen molar-refractivity contribution in [1.82, 2.24) is 0 Å². The molecule has 1 aliphatic rings. The molecule has 0 N–H and O–H groups in total. The number of aryl methyl sites for hydroxylation is 1. The average molecular weight is 405 g/mol. The second-order valence-corrected chi connectivity index (χ2v) is 7.89. The normalized spacial score (nSPS) is 18.4. The van der Waals surface area contributed by atoms with E-state index in [4.69, 9.17) is 4.74 Å². The molecule has 1 aromatic carbocycles. The van der Waals surface area contributed by atoms with Crippen LogP contribution in [0.1, 0.15) is 49.7 Å². The molecule has 1 aromatic rings. The highest BCUT2D eigenvalue weighted by atomic mass is 16.5. The predicted octanol–water partition coefficient (Wildman–Crippen LogP) is 7.42. The number of aldehydes is 1. The van der Waals surface area contributed by atoms with Gasteiger partial charge in [0.05, 0.1) is 7.11 Å². The first-order valence-electron chi connectivity index (χ1n) is 10.4. The second-order valence-electron chi connectivity index (χ2n) is 7.89. The summed E-state index contributed by atoms with van der Waals surface area (Å²) in [5.74, 6) is 1.60. The molecule has 160 valence electrons. The highest BCUT2D eigenvalue weighted by Crippen LogP contribution is 2.34. The van der Waals surface area contributed by atoms with Crippen molar-refractivity contribution >= 4 is 6.29 Å². The van der Waals surface area contributed by atoms with Crippen molar-refractivity contribution in [3.05, 3.63) is 108 Å². The Kier molecular flexibility index (Phi) is 11.2. The van der Waals surface area contributed by atoms with Crippen molar-refractivity contribution in [2.24, 2.45) is 5.92 Å². The lowest BCUT2D eigenvalue weighted by atomic mass is 9.79. The van der Waals surface area contributed by atoms with Crippen molar-refractivity contribution in [2.45, 2.75) is 45.4 Å². The van der Waals surface area contributed by atoms with E-state index in [1.165, 1.54) is 24.0 Å². The quantitative estimate of drug-likeness (QED) is 0.256. The van der Waals surface area contributed by atoms with E-state index < -0.39 is 0 Å². The fourth-order valence-electron chi connectivity index (χ4n) is 3.15. The van der Waals surface area contributed by atoms with Crippen LogP contribution < -0.4 is 0 Å². The van der Waals surface area contributed by atoms with Crippen LogP contribution in [0.4, 0.5) is 0 Å². The van der Waals surface area contributed by atoms with Crippen LogP contribution >= 0.6 is 0 Å². The van der Waals surface area contributed by atoms with E-state index in [1.54, 1.807) is 13.2 Å². The Balaban J connectivity index is 0.000000300. The number of rotatable bonds is 8. The van der Waals surface area contributed by atoms with Crippen LogP contribution in [0.3, 0.4) is 0 Å². The Morgan fingerprint density at radius 1 is 0.900 bits per heavy atom. The minimum atomic E-state index is 0.326. The van der Waals surface area contributed by atoms with Gasteiger partial charge in [0.15, 0.2) is 0 Å². The number of hydrogen-bond acceptors (Lipinski definition) is 2. The summed E-state index contributed by atoms with van der Waals surface area (Å²) in [6.45, 7) is 19.2. The van der Waals surface area contributed by atoms with Crippen molar-refractivity contribution < 1.29 is 9.53 Å². The van der Waals surface area contributed by atoms with E-state index >= 15 is 0 Å². The van der Waals surface area contributed by atoms with Crippen LogP contribution in [0.5, 0.6) is 0 Å². The van der Waals surface area contributed by atoms with Gasteiger partial charge in [-0.05, 0) is 68.2 Å². The van der Waals surface area contributed by atoms with E-state index in [0.717, 1.165) is 35.8 Å². The lowest BCUT2D eigenvalue weighted by Gasteiger charge is -2.25. The zero-order valence-electron chi connectivity index (χ0n) is 18.8. The van der Waals surface area contributed by atoms with E-state index in [2.05, 4.69) is 57.5 Å². The zero-order chi connectivity index (χ0) is 22.5. The predicted molar refractivity (Wildman–Crippen MR) is 129 cm³/mol. The van der Waals surface area contributed by atoms with Crippen molar-refractivity contribution in [3.8, 4) is 0 Å². The van der Waals surface area contributed by atoms with Crippen molar-refractivity contribution in [1.29, 1.82) is 0 Å². The Morgan fingerprint density at radius 3 is 1.90 bits per heavy atom. The molecule has 2 heteroatoms. The number of methoxy groups -OCH3 is 1. The molecule has 0 atom stereocenters. The highest BCUT2D eigenvalue weighted by molar-refractivity contribution is 5.53. The number of allylic oxidation sites excluding steroid dienone is 7. The van der Waals surface area contributed by atoms with Gasteiger partial charge in [0.25, 0.3) is 0 Å². The van der Waals surface area contributed by atoms with Gasteiger partial charge in [0, 0.05) is 5.92 Å². The summed E-state index contributed by atoms with van der Waals surface area (Å²) < 4.78 is 4.89. The largest absolute Gasteiger partial charge is 0.497 e. The molecule has 0 aliphatic heterocycles. The summed E-state index contributed by atoms with van der Waals surface area (Å²) in [4.78, 5) is 10.6. The summed E-state index contributed by atoms with van der Waals surface area (Å²) in [7, 11) is 1.57. The van der Waals surface area contributed by atoms with E-state index in [9.17, 15) is 4.79 Å². The lowest BCUT2D eigenvalue weighted by molar-refractivity contribution is -0.111. The fraction of sp³-hybridized carbons (Fsp3) is 0.321. The molecule has 0 spiro atoms. The molecule has 1 aliphatic carbocycles. The number of carbonyl (C=O) groups excluding carboxylic acids is 1. The van der Waals surface area contributed by atoms with Crippen molar-refractivity contribution in [2.75, 3.05) is 7.11 Å². The topological polar surface area (TPSA) is 26.3 Å². The summed E-state index contributed by atoms with van der Waals surface area (Å²) in [6, 6.07) is 8.84. The molecule has 2 nitrogen and oxygen atoms in total. The smallest absolute Gasteiger partial charge is 0.123 e. The first-order valence-corrected chi connectivity index (χ1v) is 10.4. The van der Waals surface area contributed by atoms with E-state index in [1.807, 2.05) is 25.2 Å². The lowest BCUT2D eigenvalue weighted by Crippen LogP contribution is -2.14. The number of carbonyl (C=O) groups is 1. The maximum Gasteiger partial charge on any atom is 0.123 e. The molecule has 0 unspecified atom stereocenters. The molecule has 0 aromatic heterocycles. The number of ether oxygens (including phenoxy) is 1. The van der Waals surface area contributed by atoms with Crippen LogP contribution in [0.15, 0.2) is 97.4 Å². The molecular formula is C28H36O2. The molecule has 1 fully saturated rings. The minimum absolute atomic E-state index is 0.326. The zero-order valence-corrected chi connectivity index (χ0v) is 18.8. The van der Waals surface area contributed by atoms with Gasteiger partial charge in [-0.15, -0.1) is 0 Å². The van der Waals surface area contributed by atoms with E-state index in [-0.39, 0.29) is 0 Å². The standard InChI is InChI=1S/2C14H18O/c1-11-2-6-13(7-3-11)14-8-4-12(10-15)5-9-14;1-11(2)7-8-12(3)13(4)9-10-14(5)15-6/h2-3,6-7,10,12,14H,4-5,8-9H2,1H3;7-10H,1,3-5H2,2,6H3/b;8-7-,10-9-. The maximum atomic E-state index is 10.6. The van der Waals surface area contributed by atoms with Gasteiger partial charge in [0.2, 0.25) is 0 Å². The van der Waals surface area contributed by atoms with Crippen LogP contribution in [-0.2, 0) is 9.53 Å². The minimum Gasteiger partial charge on any atom is -0.497 e. The average Bonchev–Trinajstić information content (AvgIpc) is 2.76. The first-order chi connectivity index (χ1) is 14.3. The van der Waals surface area contributed by atoms with Gasteiger partial charge in [-0.2, -0.15) is 0 Å². The monoisotopic (exact) mass is 404 g/mol. The van der Waals surface area contributed by atoms with Crippen LogP contribution in [0, 0.1) is 12.8 Å². The molecule has 1 saturated carbocycles. The Labute approximate surface area is 183 Å². The molecule has 0 bridgehead atoms. The number of hydrogen-bond donors (Lipinski definition) is 0. The highest BCUT2D eigenvalue weighted by Gasteiger charge is 2.21. The summed E-state index contributed by atoms with van der Waals surface area (Å²) in [5.41, 5.74) is 5.42. The van der Waals surface area contributed by atoms with Gasteiger partial charge in [-0.25, -0.2) is 0 Å². The third kappa shape index (κ3) is 9.56. The summed E-state index contributed by atoms with van der Waals surface area (Å²) in [6.07, 6.45) is 13.0. The maximum absolute atomic E-state index is 10.6. The Morgan fingerprint density at radius 2 is 1.43 bits per heavy atom. The van der Waals surface area contributed by atoms with Crippen LogP contribution in [-0.4, -0.2) is 13.4 Å². The van der Waals surface area contributed by atoms with Crippen LogP contribution in [0.25, 0.3) is 0 Å². The molecule has 2 rings (SSSR count). The van der Waals surface area contributed by atoms with Crippen molar-refractivity contribution in [3.63, 3.8) is 0 Å². The first kappa shape index (κ1) is 25.2. The third-order valence-corrected chi connectivity index (χ3v) is 5.23. The Hall–Kier alpha value is -2.87. The molecule has 0 amide bonds. The fourth-order valence-corrected chi connectivity index (χ4v) is 3.15. The molecule has 0 heterocycles. The molecule has 0 radical (unpaired) electrons. The summed E-state index contributed by atoms with van der Waals surface area (Å²) in [5, 5.41) is 0. The SMILES string of the molecule is C=C(C)/C=C\C(=C)C(=C)/C=C\C(=C)OC.Cc1ccc(C2CCC(C=O)CC2)cc1. The third-order valence-electron chi connectivity index (χ3n) is 5.23. The summed E-state index contributed by atoms with van der Waals surface area (Å²) >= 11 is 0. The Bertz CT molecular complexity index is 798. The van der Waals surface area contributed by atoms with Gasteiger partial charge < -0.3 is 9.53 Å². The van der Waals surface area contributed by atoms with Gasteiger partial charge in [-0.1, -0.05) is 79.9 Å². The van der Waals surface area contributed by atoms with Gasteiger partial charge in [-0.3, -0.25) is 0 Å². The van der Waals surface area contributed by atoms with Crippen LogP contribution in [0.2, 0.25) is 0 Å². The second kappa shape index (κ2) is 13.4. The molecule has 30 heavy (non-hydrogen) atoms. The molecular weight excluding hydrogens is 368 g/mol. The van der Waals surface area contributed by atoms with Gasteiger partial charge in [0.1, 0.15) is 12.0 Å². The van der Waals surface area contributed by atoms with E-state index in [0.29, 0.717) is 17.6 Å². The molecule has 0 saturated heterocycles. The number of benzene rings is 1.